The topological polar surface area (TPSA) is 154 Å². The standard InChI is InChI=1S/C18H16N4O7S/c1-2-29-18(24)15-9-10-21(19-15)13-5-3-12(4-6-13)20-30(27,28)14-7-8-17(23)16(11-14)22(25)26/h3-11,20,23H,2H2,1H3. The van der Waals surface area contributed by atoms with Crippen LogP contribution in [0.25, 0.3) is 5.69 Å². The lowest BCUT2D eigenvalue weighted by Crippen LogP contribution is -2.13. The molecule has 1 heterocycles. The van der Waals surface area contributed by atoms with E-state index < -0.39 is 32.4 Å². The van der Waals surface area contributed by atoms with Gasteiger partial charge in [-0.2, -0.15) is 5.10 Å². The van der Waals surface area contributed by atoms with Gasteiger partial charge in [-0.15, -0.1) is 0 Å². The Hall–Kier alpha value is -3.93. The highest BCUT2D eigenvalue weighted by Crippen LogP contribution is 2.29. The second-order valence-electron chi connectivity index (χ2n) is 5.93. The summed E-state index contributed by atoms with van der Waals surface area (Å²) in [6, 6.07) is 10.3. The van der Waals surface area contributed by atoms with Gasteiger partial charge >= 0.3 is 11.7 Å². The van der Waals surface area contributed by atoms with Gasteiger partial charge in [-0.1, -0.05) is 0 Å². The summed E-state index contributed by atoms with van der Waals surface area (Å²) in [6.45, 7) is 1.91. The van der Waals surface area contributed by atoms with Gasteiger partial charge in [0, 0.05) is 18.0 Å². The Labute approximate surface area is 170 Å². The van der Waals surface area contributed by atoms with Crippen molar-refractivity contribution in [2.24, 2.45) is 0 Å². The predicted molar refractivity (Wildman–Crippen MR) is 105 cm³/mol. The van der Waals surface area contributed by atoms with E-state index in [0.717, 1.165) is 18.2 Å². The fourth-order valence-electron chi connectivity index (χ4n) is 2.49. The number of benzene rings is 2. The Balaban J connectivity index is 1.79. The minimum Gasteiger partial charge on any atom is -0.502 e. The highest BCUT2D eigenvalue weighted by molar-refractivity contribution is 7.92. The zero-order chi connectivity index (χ0) is 21.9. The first kappa shape index (κ1) is 20.8. The number of carbonyl (C=O) groups excluding carboxylic acids is 1. The van der Waals surface area contributed by atoms with Crippen LogP contribution in [0.15, 0.2) is 59.6 Å². The lowest BCUT2D eigenvalue weighted by molar-refractivity contribution is -0.386. The first-order chi connectivity index (χ1) is 14.2. The van der Waals surface area contributed by atoms with Crippen LogP contribution in [0.4, 0.5) is 11.4 Å². The van der Waals surface area contributed by atoms with Crippen LogP contribution < -0.4 is 4.72 Å². The van der Waals surface area contributed by atoms with E-state index in [1.807, 2.05) is 0 Å². The molecule has 0 unspecified atom stereocenters. The van der Waals surface area contributed by atoms with Crippen LogP contribution in [0.1, 0.15) is 17.4 Å². The largest absolute Gasteiger partial charge is 0.502 e. The van der Waals surface area contributed by atoms with Crippen molar-refractivity contribution in [1.82, 2.24) is 9.78 Å². The highest BCUT2D eigenvalue weighted by atomic mass is 32.2. The van der Waals surface area contributed by atoms with E-state index in [1.54, 1.807) is 25.3 Å². The molecule has 3 rings (SSSR count). The SMILES string of the molecule is CCOC(=O)c1ccn(-c2ccc(NS(=O)(=O)c3ccc(O)c([N+](=O)[O-])c3)cc2)n1. The summed E-state index contributed by atoms with van der Waals surface area (Å²) in [7, 11) is -4.13. The van der Waals surface area contributed by atoms with Gasteiger partial charge in [0.1, 0.15) is 0 Å². The molecule has 0 spiro atoms. The quantitative estimate of drug-likeness (QED) is 0.328. The summed E-state index contributed by atoms with van der Waals surface area (Å²) in [6.07, 6.45) is 1.56. The normalized spacial score (nSPS) is 11.1. The summed E-state index contributed by atoms with van der Waals surface area (Å²) in [5.74, 6) is -1.19. The number of ether oxygens (including phenoxy) is 1. The fourth-order valence-corrected chi connectivity index (χ4v) is 3.57. The molecular formula is C18H16N4O7S. The minimum atomic E-state index is -4.13. The minimum absolute atomic E-state index is 0.135. The number of phenolic OH excluding ortho intramolecular Hbond substituents is 1. The molecule has 0 aliphatic heterocycles. The number of anilines is 1. The predicted octanol–water partition coefficient (Wildman–Crippen LogP) is 2.46. The molecule has 0 bridgehead atoms. The number of esters is 1. The van der Waals surface area contributed by atoms with Crippen molar-refractivity contribution in [3.63, 3.8) is 0 Å². The molecule has 1 aromatic heterocycles. The molecule has 0 aliphatic carbocycles. The number of nitrogens with zero attached hydrogens (tertiary/aromatic N) is 3. The third-order valence-electron chi connectivity index (χ3n) is 3.91. The molecule has 0 saturated carbocycles. The molecule has 2 aromatic carbocycles. The Morgan fingerprint density at radius 2 is 1.93 bits per heavy atom. The molecule has 0 aliphatic rings. The van der Waals surface area contributed by atoms with Crippen LogP contribution >= 0.6 is 0 Å². The van der Waals surface area contributed by atoms with Crippen molar-refractivity contribution < 1.29 is 28.0 Å². The molecule has 11 nitrogen and oxygen atoms in total. The highest BCUT2D eigenvalue weighted by Gasteiger charge is 2.21. The second kappa shape index (κ2) is 8.21. The third-order valence-corrected chi connectivity index (χ3v) is 5.29. The third kappa shape index (κ3) is 4.38. The van der Waals surface area contributed by atoms with Crippen molar-refractivity contribution in [3.05, 3.63) is 70.5 Å². The van der Waals surface area contributed by atoms with Crippen molar-refractivity contribution in [3.8, 4) is 11.4 Å². The Bertz CT molecular complexity index is 1200. The summed E-state index contributed by atoms with van der Waals surface area (Å²) in [4.78, 5) is 21.3. The molecule has 0 fully saturated rings. The maximum absolute atomic E-state index is 12.5. The number of sulfonamides is 1. The summed E-state index contributed by atoms with van der Waals surface area (Å²) in [5.41, 5.74) is 0.181. The molecule has 12 heteroatoms. The molecule has 0 amide bonds. The van der Waals surface area contributed by atoms with Gasteiger partial charge in [0.05, 0.1) is 22.1 Å². The van der Waals surface area contributed by atoms with Gasteiger partial charge in [-0.05, 0) is 49.4 Å². The number of hydrogen-bond donors (Lipinski definition) is 2. The first-order valence-corrected chi connectivity index (χ1v) is 10.0. The van der Waals surface area contributed by atoms with E-state index in [1.165, 1.54) is 22.9 Å². The number of aromatic nitrogens is 2. The summed E-state index contributed by atoms with van der Waals surface area (Å²) >= 11 is 0. The van der Waals surface area contributed by atoms with Gasteiger partial charge in [-0.3, -0.25) is 14.8 Å². The van der Waals surface area contributed by atoms with Crippen molar-refractivity contribution >= 4 is 27.4 Å². The zero-order valence-corrected chi connectivity index (χ0v) is 16.4. The Morgan fingerprint density at radius 3 is 2.57 bits per heavy atom. The number of rotatable bonds is 7. The molecule has 156 valence electrons. The fraction of sp³-hybridized carbons (Fsp3) is 0.111. The first-order valence-electron chi connectivity index (χ1n) is 8.54. The zero-order valence-electron chi connectivity index (χ0n) is 15.5. The van der Waals surface area contributed by atoms with E-state index in [2.05, 4.69) is 9.82 Å². The van der Waals surface area contributed by atoms with Gasteiger partial charge in [-0.25, -0.2) is 17.9 Å². The number of carbonyl (C=O) groups is 1. The number of hydrogen-bond acceptors (Lipinski definition) is 8. The monoisotopic (exact) mass is 432 g/mol. The average Bonchev–Trinajstić information content (AvgIpc) is 3.19. The average molecular weight is 432 g/mol. The van der Waals surface area contributed by atoms with Crippen molar-refractivity contribution in [2.45, 2.75) is 11.8 Å². The molecule has 3 aromatic rings. The lowest BCUT2D eigenvalue weighted by atomic mass is 10.3. The van der Waals surface area contributed by atoms with Crippen LogP contribution in [0, 0.1) is 10.1 Å². The molecule has 30 heavy (non-hydrogen) atoms. The van der Waals surface area contributed by atoms with Gasteiger partial charge < -0.3 is 9.84 Å². The van der Waals surface area contributed by atoms with E-state index in [-0.39, 0.29) is 22.9 Å². The lowest BCUT2D eigenvalue weighted by Gasteiger charge is -2.09. The van der Waals surface area contributed by atoms with E-state index in [9.17, 15) is 28.4 Å². The molecule has 2 N–H and O–H groups in total. The van der Waals surface area contributed by atoms with Gasteiger partial charge in [0.2, 0.25) is 0 Å². The number of nitrogens with one attached hydrogen (secondary N) is 1. The van der Waals surface area contributed by atoms with Crippen LogP contribution in [0.5, 0.6) is 5.75 Å². The number of nitro groups is 1. The smallest absolute Gasteiger partial charge is 0.358 e. The van der Waals surface area contributed by atoms with Gasteiger partial charge in [0.25, 0.3) is 10.0 Å². The van der Waals surface area contributed by atoms with E-state index in [0.29, 0.717) is 5.69 Å². The van der Waals surface area contributed by atoms with Crippen LogP contribution in [0.2, 0.25) is 0 Å². The molecule has 0 saturated heterocycles. The van der Waals surface area contributed by atoms with Crippen molar-refractivity contribution in [1.29, 1.82) is 0 Å². The van der Waals surface area contributed by atoms with Gasteiger partial charge in [0.15, 0.2) is 11.4 Å². The van der Waals surface area contributed by atoms with Crippen LogP contribution in [0.3, 0.4) is 0 Å². The van der Waals surface area contributed by atoms with Crippen LogP contribution in [-0.2, 0) is 14.8 Å². The van der Waals surface area contributed by atoms with Crippen LogP contribution in [-0.4, -0.2) is 40.8 Å². The summed E-state index contributed by atoms with van der Waals surface area (Å²) < 4.78 is 33.6. The number of nitro benzene ring substituents is 1. The number of aromatic hydroxyl groups is 1. The Kier molecular flexibility index (Phi) is 5.69. The molecule has 0 atom stereocenters. The summed E-state index contributed by atoms with van der Waals surface area (Å²) in [5, 5.41) is 24.5. The Morgan fingerprint density at radius 1 is 1.23 bits per heavy atom. The second-order valence-corrected chi connectivity index (χ2v) is 7.61. The maximum atomic E-state index is 12.5. The van der Waals surface area contributed by atoms with E-state index in [4.69, 9.17) is 4.74 Å². The molecule has 0 radical (unpaired) electrons. The molecular weight excluding hydrogens is 416 g/mol. The maximum Gasteiger partial charge on any atom is 0.358 e. The van der Waals surface area contributed by atoms with E-state index >= 15 is 0 Å². The van der Waals surface area contributed by atoms with Crippen molar-refractivity contribution in [2.75, 3.05) is 11.3 Å². The number of phenols is 1.